The minimum absolute atomic E-state index is 0.234. The highest BCUT2D eigenvalue weighted by atomic mass is 32.2. The van der Waals surface area contributed by atoms with Gasteiger partial charge in [-0.3, -0.25) is 0 Å². The number of alkyl halides is 2. The first-order chi connectivity index (χ1) is 7.54. The molecule has 0 aliphatic rings. The third-order valence-corrected chi connectivity index (χ3v) is 3.02. The minimum atomic E-state index is -3.04. The van der Waals surface area contributed by atoms with Gasteiger partial charge in [-0.05, 0) is 18.2 Å². The second kappa shape index (κ2) is 5.89. The van der Waals surface area contributed by atoms with Gasteiger partial charge in [-0.1, -0.05) is 6.92 Å². The molecule has 0 amide bonds. The van der Waals surface area contributed by atoms with E-state index in [1.807, 2.05) is 6.92 Å². The summed E-state index contributed by atoms with van der Waals surface area (Å²) in [5, 5.41) is 0. The predicted molar refractivity (Wildman–Crippen MR) is 58.5 cm³/mol. The van der Waals surface area contributed by atoms with E-state index in [2.05, 4.69) is 4.74 Å². The van der Waals surface area contributed by atoms with Gasteiger partial charge < -0.3 is 10.5 Å². The summed E-state index contributed by atoms with van der Waals surface area (Å²) in [5.41, 5.74) is 5.79. The van der Waals surface area contributed by atoms with Crippen molar-refractivity contribution in [2.75, 3.05) is 11.5 Å². The van der Waals surface area contributed by atoms with Crippen LogP contribution in [0.3, 0.4) is 0 Å². The Morgan fingerprint density at radius 3 is 2.69 bits per heavy atom. The van der Waals surface area contributed by atoms with E-state index >= 15 is 0 Å². The largest absolute Gasteiger partial charge is 0.432 e. The molecule has 0 saturated heterocycles. The Morgan fingerprint density at radius 2 is 2.12 bits per heavy atom. The standard InChI is InChI=1S/C10H12F3NOS/c1-2-3-16-9-5-8(15-10(12)13)6(11)4-7(9)14/h4-5,10H,2-3,14H2,1H3. The van der Waals surface area contributed by atoms with E-state index in [0.29, 0.717) is 4.90 Å². The van der Waals surface area contributed by atoms with E-state index in [9.17, 15) is 13.2 Å². The molecule has 0 radical (unpaired) electrons. The van der Waals surface area contributed by atoms with Crippen molar-refractivity contribution in [3.05, 3.63) is 17.9 Å². The second-order valence-corrected chi connectivity index (χ2v) is 4.18. The third kappa shape index (κ3) is 3.52. The first-order valence-electron chi connectivity index (χ1n) is 4.71. The first kappa shape index (κ1) is 13.0. The number of hydrogen-bond donors (Lipinski definition) is 1. The number of halogens is 3. The van der Waals surface area contributed by atoms with Crippen LogP contribution in [0, 0.1) is 5.82 Å². The molecule has 0 unspecified atom stereocenters. The van der Waals surface area contributed by atoms with Gasteiger partial charge in [-0.25, -0.2) is 4.39 Å². The number of benzene rings is 1. The van der Waals surface area contributed by atoms with Crippen molar-refractivity contribution in [1.82, 2.24) is 0 Å². The SMILES string of the molecule is CCCSc1cc(OC(F)F)c(F)cc1N. The molecule has 6 heteroatoms. The lowest BCUT2D eigenvalue weighted by atomic mass is 10.3. The topological polar surface area (TPSA) is 35.2 Å². The van der Waals surface area contributed by atoms with Crippen LogP contribution in [0.4, 0.5) is 18.9 Å². The molecule has 0 fully saturated rings. The molecule has 2 nitrogen and oxygen atoms in total. The monoisotopic (exact) mass is 251 g/mol. The van der Waals surface area contributed by atoms with Gasteiger partial charge in [-0.15, -0.1) is 11.8 Å². The molecule has 1 aromatic carbocycles. The van der Waals surface area contributed by atoms with E-state index in [-0.39, 0.29) is 5.69 Å². The fourth-order valence-electron chi connectivity index (χ4n) is 1.07. The van der Waals surface area contributed by atoms with Gasteiger partial charge in [0.1, 0.15) is 0 Å². The predicted octanol–water partition coefficient (Wildman–Crippen LogP) is 3.51. The van der Waals surface area contributed by atoms with E-state index in [4.69, 9.17) is 5.73 Å². The van der Waals surface area contributed by atoms with Gasteiger partial charge >= 0.3 is 6.61 Å². The summed E-state index contributed by atoms with van der Waals surface area (Å²) >= 11 is 1.38. The maximum Gasteiger partial charge on any atom is 0.387 e. The number of nitrogen functional groups attached to an aromatic ring is 1. The minimum Gasteiger partial charge on any atom is -0.432 e. The Bertz CT molecular complexity index is 360. The Hall–Kier alpha value is -1.04. The van der Waals surface area contributed by atoms with Crippen molar-refractivity contribution in [3.8, 4) is 5.75 Å². The zero-order valence-electron chi connectivity index (χ0n) is 8.67. The lowest BCUT2D eigenvalue weighted by Gasteiger charge is -2.10. The van der Waals surface area contributed by atoms with Crippen LogP contribution >= 0.6 is 11.8 Å². The molecule has 0 aliphatic carbocycles. The average Bonchev–Trinajstić information content (AvgIpc) is 2.20. The van der Waals surface area contributed by atoms with Gasteiger partial charge in [-0.2, -0.15) is 8.78 Å². The fourth-order valence-corrected chi connectivity index (χ4v) is 1.91. The van der Waals surface area contributed by atoms with E-state index in [1.165, 1.54) is 17.8 Å². The highest BCUT2D eigenvalue weighted by molar-refractivity contribution is 7.99. The van der Waals surface area contributed by atoms with Crippen LogP contribution in [-0.2, 0) is 0 Å². The molecule has 0 bridgehead atoms. The van der Waals surface area contributed by atoms with Crippen LogP contribution in [0.25, 0.3) is 0 Å². The summed E-state index contributed by atoms with van der Waals surface area (Å²) in [5.74, 6) is -0.564. The first-order valence-corrected chi connectivity index (χ1v) is 5.69. The molecule has 0 saturated carbocycles. The molecule has 0 heterocycles. The van der Waals surface area contributed by atoms with Gasteiger partial charge in [0.25, 0.3) is 0 Å². The summed E-state index contributed by atoms with van der Waals surface area (Å²) in [4.78, 5) is 0.555. The molecule has 2 N–H and O–H groups in total. The smallest absolute Gasteiger partial charge is 0.387 e. The molecule has 16 heavy (non-hydrogen) atoms. The summed E-state index contributed by atoms with van der Waals surface area (Å²) in [6, 6.07) is 2.20. The van der Waals surface area contributed by atoms with Crippen molar-refractivity contribution < 1.29 is 17.9 Å². The van der Waals surface area contributed by atoms with Crippen LogP contribution in [-0.4, -0.2) is 12.4 Å². The normalized spacial score (nSPS) is 10.8. The van der Waals surface area contributed by atoms with Crippen molar-refractivity contribution in [2.45, 2.75) is 24.9 Å². The second-order valence-electron chi connectivity index (χ2n) is 3.05. The van der Waals surface area contributed by atoms with Crippen molar-refractivity contribution in [2.24, 2.45) is 0 Å². The molecule has 0 spiro atoms. The highest BCUT2D eigenvalue weighted by Crippen LogP contribution is 2.32. The number of rotatable bonds is 5. The van der Waals surface area contributed by atoms with Gasteiger partial charge in [0, 0.05) is 16.6 Å². The molecule has 0 atom stereocenters. The maximum absolute atomic E-state index is 13.2. The average molecular weight is 251 g/mol. The summed E-state index contributed by atoms with van der Waals surface area (Å²) in [7, 11) is 0. The lowest BCUT2D eigenvalue weighted by Crippen LogP contribution is -2.04. The quantitative estimate of drug-likeness (QED) is 0.642. The van der Waals surface area contributed by atoms with Crippen LogP contribution in [0.1, 0.15) is 13.3 Å². The number of anilines is 1. The van der Waals surface area contributed by atoms with E-state index in [1.54, 1.807) is 0 Å². The van der Waals surface area contributed by atoms with Gasteiger partial charge in [0.15, 0.2) is 11.6 Å². The Labute approximate surface area is 96.0 Å². The van der Waals surface area contributed by atoms with Crippen molar-refractivity contribution in [3.63, 3.8) is 0 Å². The zero-order valence-corrected chi connectivity index (χ0v) is 9.49. The van der Waals surface area contributed by atoms with Crippen LogP contribution in [0.15, 0.2) is 17.0 Å². The van der Waals surface area contributed by atoms with E-state index in [0.717, 1.165) is 18.2 Å². The van der Waals surface area contributed by atoms with Gasteiger partial charge in [0.05, 0.1) is 0 Å². The number of thioether (sulfide) groups is 1. The molecule has 1 rings (SSSR count). The number of hydrogen-bond acceptors (Lipinski definition) is 3. The zero-order chi connectivity index (χ0) is 12.1. The summed E-state index contributed by atoms with van der Waals surface area (Å²) in [6.07, 6.45) is 0.909. The Kier molecular flexibility index (Phi) is 4.79. The molecular formula is C10H12F3NOS. The van der Waals surface area contributed by atoms with Crippen molar-refractivity contribution >= 4 is 17.4 Å². The third-order valence-electron chi connectivity index (χ3n) is 1.74. The van der Waals surface area contributed by atoms with Crippen LogP contribution < -0.4 is 10.5 Å². The number of nitrogens with two attached hydrogens (primary N) is 1. The van der Waals surface area contributed by atoms with E-state index < -0.39 is 18.2 Å². The fraction of sp³-hybridized carbons (Fsp3) is 0.400. The molecule has 0 aromatic heterocycles. The van der Waals surface area contributed by atoms with Gasteiger partial charge in [0.2, 0.25) is 0 Å². The van der Waals surface area contributed by atoms with Crippen LogP contribution in [0.2, 0.25) is 0 Å². The lowest BCUT2D eigenvalue weighted by molar-refractivity contribution is -0.0523. The molecule has 0 aliphatic heterocycles. The van der Waals surface area contributed by atoms with Crippen molar-refractivity contribution in [1.29, 1.82) is 0 Å². The maximum atomic E-state index is 13.2. The number of ether oxygens (including phenoxy) is 1. The Balaban J connectivity index is 2.92. The van der Waals surface area contributed by atoms with Crippen LogP contribution in [0.5, 0.6) is 5.75 Å². The molecule has 1 aromatic rings. The summed E-state index contributed by atoms with van der Waals surface area (Å²) < 4.78 is 41.1. The molecule has 90 valence electrons. The molecular weight excluding hydrogens is 239 g/mol. The highest BCUT2D eigenvalue weighted by Gasteiger charge is 2.13. The Morgan fingerprint density at radius 1 is 1.44 bits per heavy atom. The summed E-state index contributed by atoms with van der Waals surface area (Å²) in [6.45, 7) is -1.06.